The Hall–Kier alpha value is -2.31. The van der Waals surface area contributed by atoms with E-state index in [-0.39, 0.29) is 28.8 Å². The third-order valence-corrected chi connectivity index (χ3v) is 9.64. The van der Waals surface area contributed by atoms with Gasteiger partial charge in [0.15, 0.2) is 0 Å². The Kier molecular flexibility index (Phi) is 7.68. The van der Waals surface area contributed by atoms with Crippen molar-refractivity contribution in [2.45, 2.75) is 37.0 Å². The number of benzene rings is 1. The Balaban J connectivity index is 1.31. The fourth-order valence-corrected chi connectivity index (χ4v) is 7.00. The molecular weight excluding hydrogens is 516 g/mol. The number of hydrogen-bond donors (Lipinski definition) is 2. The first-order valence-corrected chi connectivity index (χ1v) is 14.2. The highest BCUT2D eigenvalue weighted by molar-refractivity contribution is 7.89. The molecule has 4 rings (SSSR count). The van der Waals surface area contributed by atoms with Gasteiger partial charge in [-0.15, -0.1) is 11.3 Å². The van der Waals surface area contributed by atoms with Gasteiger partial charge < -0.3 is 0 Å². The lowest BCUT2D eigenvalue weighted by molar-refractivity contribution is -0.121. The number of piperidine rings is 1. The van der Waals surface area contributed by atoms with Crippen LogP contribution in [-0.4, -0.2) is 42.6 Å². The maximum atomic E-state index is 13.0. The lowest BCUT2D eigenvalue weighted by atomic mass is 9.99. The predicted octanol–water partition coefficient (Wildman–Crippen LogP) is 3.74. The van der Waals surface area contributed by atoms with Gasteiger partial charge in [0, 0.05) is 29.4 Å². The molecule has 2 N–H and O–H groups in total. The third-order valence-electron chi connectivity index (χ3n) is 5.60. The highest BCUT2D eigenvalue weighted by Crippen LogP contribution is 2.33. The monoisotopic (exact) mass is 538 g/mol. The van der Waals surface area contributed by atoms with Crippen LogP contribution in [0.4, 0.5) is 0 Å². The summed E-state index contributed by atoms with van der Waals surface area (Å²) >= 11 is 8.98. The van der Waals surface area contributed by atoms with Crippen molar-refractivity contribution in [2.24, 2.45) is 0 Å². The summed E-state index contributed by atoms with van der Waals surface area (Å²) in [5.74, 6) is -0.740. The maximum Gasteiger partial charge on any atom is 0.289 e. The van der Waals surface area contributed by atoms with Crippen molar-refractivity contribution in [1.29, 1.82) is 0 Å². The lowest BCUT2D eigenvalue weighted by Gasteiger charge is -2.30. The van der Waals surface area contributed by atoms with Crippen LogP contribution in [0.15, 0.2) is 45.3 Å². The van der Waals surface area contributed by atoms with E-state index in [0.717, 1.165) is 16.1 Å². The van der Waals surface area contributed by atoms with E-state index < -0.39 is 15.9 Å². The minimum absolute atomic E-state index is 0.0628. The number of nitrogens with zero attached hydrogens (tertiary/aromatic N) is 2. The number of amides is 2. The molecule has 180 valence electrons. The predicted molar refractivity (Wildman–Crippen MR) is 133 cm³/mol. The minimum Gasteiger partial charge on any atom is -0.273 e. The number of nitrogens with one attached hydrogen (secondary N) is 2. The first-order chi connectivity index (χ1) is 16.2. The van der Waals surface area contributed by atoms with Crippen LogP contribution in [-0.2, 0) is 21.2 Å². The molecule has 1 aliphatic heterocycles. The van der Waals surface area contributed by atoms with Crippen LogP contribution >= 0.6 is 34.3 Å². The first kappa shape index (κ1) is 24.8. The highest BCUT2D eigenvalue weighted by Gasteiger charge is 2.31. The van der Waals surface area contributed by atoms with Gasteiger partial charge in [-0.2, -0.15) is 15.6 Å². The van der Waals surface area contributed by atoms with Crippen molar-refractivity contribution in [2.75, 3.05) is 13.1 Å². The normalized spacial score (nSPS) is 15.2. The standard InChI is InChI=1S/C22H23ClN4O4S3/c1-14-2-3-17(11-18(14)23)34(30,31)27-7-4-16(5-8-27)22-24-19(13-33-22)21(29)26-25-20(28)10-15-6-9-32-12-15/h2-3,6,9,11-13,16H,4-5,7-8,10H2,1H3,(H,25,28)(H,26,29). The Morgan fingerprint density at radius 1 is 1.18 bits per heavy atom. The summed E-state index contributed by atoms with van der Waals surface area (Å²) in [7, 11) is -3.62. The smallest absolute Gasteiger partial charge is 0.273 e. The lowest BCUT2D eigenvalue weighted by Crippen LogP contribution is -2.42. The average molecular weight is 539 g/mol. The molecule has 1 aromatic carbocycles. The van der Waals surface area contributed by atoms with Gasteiger partial charge in [-0.05, 0) is 59.9 Å². The fraction of sp³-hybridized carbons (Fsp3) is 0.318. The van der Waals surface area contributed by atoms with E-state index in [9.17, 15) is 18.0 Å². The number of carbonyl (C=O) groups is 2. The van der Waals surface area contributed by atoms with Crippen LogP contribution in [0.5, 0.6) is 0 Å². The van der Waals surface area contributed by atoms with E-state index in [0.29, 0.717) is 31.0 Å². The number of sulfonamides is 1. The van der Waals surface area contributed by atoms with Crippen molar-refractivity contribution in [3.05, 3.63) is 67.3 Å². The topological polar surface area (TPSA) is 108 Å². The van der Waals surface area contributed by atoms with Crippen LogP contribution < -0.4 is 10.9 Å². The molecule has 0 radical (unpaired) electrons. The summed E-state index contributed by atoms with van der Waals surface area (Å²) in [5, 5.41) is 6.61. The molecule has 2 aromatic heterocycles. The molecule has 34 heavy (non-hydrogen) atoms. The second-order valence-corrected chi connectivity index (χ2v) is 12.0. The van der Waals surface area contributed by atoms with Crippen LogP contribution in [0.2, 0.25) is 5.02 Å². The molecule has 0 aliphatic carbocycles. The molecule has 0 spiro atoms. The Morgan fingerprint density at radius 2 is 1.94 bits per heavy atom. The van der Waals surface area contributed by atoms with Gasteiger partial charge in [0.25, 0.3) is 5.91 Å². The second kappa shape index (κ2) is 10.5. The average Bonchev–Trinajstić information content (AvgIpc) is 3.52. The number of halogens is 1. The quantitative estimate of drug-likeness (QED) is 0.465. The molecule has 1 saturated heterocycles. The Morgan fingerprint density at radius 3 is 2.62 bits per heavy atom. The van der Waals surface area contributed by atoms with Gasteiger partial charge in [-0.3, -0.25) is 20.4 Å². The Labute approximate surface area is 211 Å². The molecule has 12 heteroatoms. The zero-order valence-corrected chi connectivity index (χ0v) is 21.5. The zero-order chi connectivity index (χ0) is 24.3. The van der Waals surface area contributed by atoms with Crippen LogP contribution in [0.25, 0.3) is 0 Å². The summed E-state index contributed by atoms with van der Waals surface area (Å²) in [6.07, 6.45) is 1.39. The van der Waals surface area contributed by atoms with E-state index in [1.54, 1.807) is 17.5 Å². The van der Waals surface area contributed by atoms with E-state index in [4.69, 9.17) is 11.6 Å². The SMILES string of the molecule is Cc1ccc(S(=O)(=O)N2CCC(c3nc(C(=O)NNC(=O)Cc4ccsc4)cs3)CC2)cc1Cl. The second-order valence-electron chi connectivity index (χ2n) is 7.97. The number of hydrogen-bond acceptors (Lipinski definition) is 7. The van der Waals surface area contributed by atoms with E-state index in [1.807, 2.05) is 23.8 Å². The van der Waals surface area contributed by atoms with E-state index in [2.05, 4.69) is 15.8 Å². The molecule has 0 saturated carbocycles. The molecule has 8 nitrogen and oxygen atoms in total. The molecule has 2 amide bonds. The summed E-state index contributed by atoms with van der Waals surface area (Å²) in [6.45, 7) is 2.54. The first-order valence-electron chi connectivity index (χ1n) is 10.6. The van der Waals surface area contributed by atoms with Gasteiger partial charge in [-0.25, -0.2) is 13.4 Å². The van der Waals surface area contributed by atoms with Gasteiger partial charge in [-0.1, -0.05) is 17.7 Å². The number of thiazole rings is 1. The number of aromatic nitrogens is 1. The summed E-state index contributed by atoms with van der Waals surface area (Å²) in [4.78, 5) is 28.9. The van der Waals surface area contributed by atoms with Crippen molar-refractivity contribution in [1.82, 2.24) is 20.1 Å². The van der Waals surface area contributed by atoms with Crippen LogP contribution in [0.1, 0.15) is 45.4 Å². The minimum atomic E-state index is -3.62. The molecule has 0 unspecified atom stereocenters. The summed E-state index contributed by atoms with van der Waals surface area (Å²) in [6, 6.07) is 6.62. The number of rotatable bonds is 6. The maximum absolute atomic E-state index is 13.0. The summed E-state index contributed by atoms with van der Waals surface area (Å²) < 4.78 is 27.4. The van der Waals surface area contributed by atoms with E-state index in [1.165, 1.54) is 33.0 Å². The molecule has 0 bridgehead atoms. The van der Waals surface area contributed by atoms with Crippen LogP contribution in [0, 0.1) is 6.92 Å². The zero-order valence-electron chi connectivity index (χ0n) is 18.3. The van der Waals surface area contributed by atoms with Crippen molar-refractivity contribution in [3.8, 4) is 0 Å². The van der Waals surface area contributed by atoms with Crippen molar-refractivity contribution >= 4 is 56.1 Å². The number of aryl methyl sites for hydroxylation is 1. The number of thiophene rings is 1. The number of carbonyl (C=O) groups excluding carboxylic acids is 2. The van der Waals surface area contributed by atoms with Crippen LogP contribution in [0.3, 0.4) is 0 Å². The van der Waals surface area contributed by atoms with Gasteiger partial charge in [0.05, 0.1) is 16.3 Å². The molecule has 3 heterocycles. The molecule has 0 atom stereocenters. The Bertz CT molecular complexity index is 1280. The van der Waals surface area contributed by atoms with Gasteiger partial charge >= 0.3 is 0 Å². The molecule has 1 aliphatic rings. The van der Waals surface area contributed by atoms with Gasteiger partial charge in [0.1, 0.15) is 5.69 Å². The highest BCUT2D eigenvalue weighted by atomic mass is 35.5. The molecular formula is C22H23ClN4O4S3. The summed E-state index contributed by atoms with van der Waals surface area (Å²) in [5.41, 5.74) is 6.72. The molecule has 1 fully saturated rings. The number of hydrazine groups is 1. The molecule has 3 aromatic rings. The van der Waals surface area contributed by atoms with Crippen molar-refractivity contribution in [3.63, 3.8) is 0 Å². The van der Waals surface area contributed by atoms with Crippen molar-refractivity contribution < 1.29 is 18.0 Å². The van der Waals surface area contributed by atoms with E-state index >= 15 is 0 Å². The largest absolute Gasteiger partial charge is 0.289 e. The van der Waals surface area contributed by atoms with Gasteiger partial charge in [0.2, 0.25) is 15.9 Å². The fourth-order valence-electron chi connectivity index (χ4n) is 3.62. The third kappa shape index (κ3) is 5.66.